The van der Waals surface area contributed by atoms with Crippen LogP contribution in [0.15, 0.2) is 0 Å². The number of rotatable bonds is 7. The molecular formula is C11H19NO5S. The van der Waals surface area contributed by atoms with E-state index in [4.69, 9.17) is 5.11 Å². The second-order valence-electron chi connectivity index (χ2n) is 4.60. The van der Waals surface area contributed by atoms with E-state index in [1.807, 2.05) is 0 Å². The smallest absolute Gasteiger partial charge is 0.303 e. The van der Waals surface area contributed by atoms with Crippen LogP contribution in [0.1, 0.15) is 32.1 Å². The number of unbranched alkanes of at least 4 members (excludes halogenated alkanes) is 2. The molecule has 1 fully saturated rings. The number of hydrogen-bond acceptors (Lipinski definition) is 4. The fourth-order valence-electron chi connectivity index (χ4n) is 1.94. The SMILES string of the molecule is O=C(O)CCCCCNC(=O)C1CCS(=O)(=O)C1. The maximum absolute atomic E-state index is 11.6. The molecule has 1 rings (SSSR count). The van der Waals surface area contributed by atoms with Gasteiger partial charge in [-0.25, -0.2) is 8.42 Å². The molecule has 0 aromatic rings. The highest BCUT2D eigenvalue weighted by Crippen LogP contribution is 2.18. The molecule has 7 heteroatoms. The Morgan fingerprint density at radius 3 is 2.50 bits per heavy atom. The molecule has 1 amide bonds. The van der Waals surface area contributed by atoms with E-state index in [2.05, 4.69) is 5.32 Å². The predicted molar refractivity (Wildman–Crippen MR) is 65.9 cm³/mol. The van der Waals surface area contributed by atoms with Crippen LogP contribution < -0.4 is 5.32 Å². The second-order valence-corrected chi connectivity index (χ2v) is 6.82. The fourth-order valence-corrected chi connectivity index (χ4v) is 3.68. The van der Waals surface area contributed by atoms with Crippen LogP contribution in [0.4, 0.5) is 0 Å². The average molecular weight is 277 g/mol. The van der Waals surface area contributed by atoms with Crippen LogP contribution in [-0.4, -0.2) is 43.5 Å². The summed E-state index contributed by atoms with van der Waals surface area (Å²) in [6, 6.07) is 0. The van der Waals surface area contributed by atoms with Crippen molar-refractivity contribution < 1.29 is 23.1 Å². The van der Waals surface area contributed by atoms with E-state index in [-0.39, 0.29) is 23.8 Å². The summed E-state index contributed by atoms with van der Waals surface area (Å²) in [7, 11) is -3.02. The number of carbonyl (C=O) groups excluding carboxylic acids is 1. The molecule has 0 aromatic heterocycles. The third-order valence-corrected chi connectivity index (χ3v) is 4.74. The summed E-state index contributed by atoms with van der Waals surface area (Å²) in [6.45, 7) is 0.481. The average Bonchev–Trinajstić information content (AvgIpc) is 2.63. The number of aliphatic carboxylic acids is 1. The number of carboxylic acid groups (broad SMARTS) is 1. The second kappa shape index (κ2) is 6.72. The van der Waals surface area contributed by atoms with Gasteiger partial charge >= 0.3 is 5.97 Å². The lowest BCUT2D eigenvalue weighted by Crippen LogP contribution is -2.32. The van der Waals surface area contributed by atoms with Crippen LogP contribution in [0.25, 0.3) is 0 Å². The van der Waals surface area contributed by atoms with Crippen LogP contribution in [0.3, 0.4) is 0 Å². The molecule has 0 aliphatic carbocycles. The van der Waals surface area contributed by atoms with Crippen molar-refractivity contribution in [2.45, 2.75) is 32.1 Å². The minimum absolute atomic E-state index is 0.0438. The number of nitrogens with one attached hydrogen (secondary N) is 1. The minimum Gasteiger partial charge on any atom is -0.481 e. The molecule has 1 aliphatic rings. The molecule has 1 saturated heterocycles. The molecule has 0 aromatic carbocycles. The van der Waals surface area contributed by atoms with E-state index in [0.717, 1.165) is 12.8 Å². The Labute approximate surface area is 107 Å². The first kappa shape index (κ1) is 14.9. The maximum atomic E-state index is 11.6. The zero-order valence-corrected chi connectivity index (χ0v) is 11.0. The van der Waals surface area contributed by atoms with Crippen molar-refractivity contribution in [1.29, 1.82) is 0 Å². The Hall–Kier alpha value is -1.11. The predicted octanol–water partition coefficient (Wildman–Crippen LogP) is 0.182. The molecule has 0 spiro atoms. The lowest BCUT2D eigenvalue weighted by Gasteiger charge is -2.08. The van der Waals surface area contributed by atoms with Gasteiger partial charge in [-0.1, -0.05) is 6.42 Å². The zero-order chi connectivity index (χ0) is 13.6. The van der Waals surface area contributed by atoms with Gasteiger partial charge in [-0.3, -0.25) is 9.59 Å². The van der Waals surface area contributed by atoms with Crippen LogP contribution >= 0.6 is 0 Å². The molecule has 0 saturated carbocycles. The highest BCUT2D eigenvalue weighted by Gasteiger charge is 2.32. The van der Waals surface area contributed by atoms with E-state index in [0.29, 0.717) is 19.4 Å². The quantitative estimate of drug-likeness (QED) is 0.647. The molecule has 1 unspecified atom stereocenters. The van der Waals surface area contributed by atoms with Crippen molar-refractivity contribution in [1.82, 2.24) is 5.32 Å². The van der Waals surface area contributed by atoms with E-state index in [1.165, 1.54) is 0 Å². The third-order valence-electron chi connectivity index (χ3n) is 2.97. The molecule has 0 bridgehead atoms. The van der Waals surface area contributed by atoms with Gasteiger partial charge in [-0.05, 0) is 19.3 Å². The molecular weight excluding hydrogens is 258 g/mol. The Bertz CT molecular complexity index is 404. The normalized spacial score (nSPS) is 21.7. The lowest BCUT2D eigenvalue weighted by molar-refractivity contribution is -0.137. The van der Waals surface area contributed by atoms with Crippen molar-refractivity contribution in [3.63, 3.8) is 0 Å². The van der Waals surface area contributed by atoms with Crippen LogP contribution in [0, 0.1) is 5.92 Å². The van der Waals surface area contributed by atoms with E-state index in [9.17, 15) is 18.0 Å². The van der Waals surface area contributed by atoms with Crippen molar-refractivity contribution in [2.24, 2.45) is 5.92 Å². The van der Waals surface area contributed by atoms with Crippen LogP contribution in [-0.2, 0) is 19.4 Å². The third kappa shape index (κ3) is 5.48. The Balaban J connectivity index is 2.09. The first-order valence-corrected chi connectivity index (χ1v) is 7.93. The number of sulfone groups is 1. The molecule has 2 N–H and O–H groups in total. The van der Waals surface area contributed by atoms with Crippen molar-refractivity contribution in [2.75, 3.05) is 18.1 Å². The van der Waals surface area contributed by atoms with E-state index < -0.39 is 21.7 Å². The molecule has 1 atom stereocenters. The summed E-state index contributed by atoms with van der Waals surface area (Å²) in [5.74, 6) is -1.36. The largest absolute Gasteiger partial charge is 0.481 e. The van der Waals surface area contributed by atoms with Gasteiger partial charge in [0.2, 0.25) is 5.91 Å². The molecule has 104 valence electrons. The summed E-state index contributed by atoms with van der Waals surface area (Å²) >= 11 is 0. The summed E-state index contributed by atoms with van der Waals surface area (Å²) in [4.78, 5) is 21.9. The monoisotopic (exact) mass is 277 g/mol. The molecule has 18 heavy (non-hydrogen) atoms. The highest BCUT2D eigenvalue weighted by molar-refractivity contribution is 7.91. The molecule has 1 heterocycles. The first-order chi connectivity index (χ1) is 8.41. The number of carboxylic acids is 1. The maximum Gasteiger partial charge on any atom is 0.303 e. The van der Waals surface area contributed by atoms with Crippen LogP contribution in [0.2, 0.25) is 0 Å². The molecule has 6 nitrogen and oxygen atoms in total. The van der Waals surface area contributed by atoms with E-state index >= 15 is 0 Å². The Kier molecular flexibility index (Phi) is 5.58. The van der Waals surface area contributed by atoms with Gasteiger partial charge in [-0.2, -0.15) is 0 Å². The Morgan fingerprint density at radius 1 is 1.22 bits per heavy atom. The minimum atomic E-state index is -3.02. The van der Waals surface area contributed by atoms with Gasteiger partial charge in [0.05, 0.1) is 17.4 Å². The number of hydrogen-bond donors (Lipinski definition) is 2. The summed E-state index contributed by atoms with van der Waals surface area (Å²) in [5.41, 5.74) is 0. The first-order valence-electron chi connectivity index (χ1n) is 6.10. The van der Waals surface area contributed by atoms with Crippen molar-refractivity contribution in [3.05, 3.63) is 0 Å². The molecule has 1 aliphatic heterocycles. The van der Waals surface area contributed by atoms with Crippen molar-refractivity contribution in [3.8, 4) is 0 Å². The zero-order valence-electron chi connectivity index (χ0n) is 10.2. The number of carbonyl (C=O) groups is 2. The topological polar surface area (TPSA) is 101 Å². The van der Waals surface area contributed by atoms with Gasteiger partial charge in [0.1, 0.15) is 0 Å². The number of amides is 1. The highest BCUT2D eigenvalue weighted by atomic mass is 32.2. The Morgan fingerprint density at radius 2 is 1.94 bits per heavy atom. The van der Waals surface area contributed by atoms with E-state index in [1.54, 1.807) is 0 Å². The summed E-state index contributed by atoms with van der Waals surface area (Å²) < 4.78 is 22.4. The van der Waals surface area contributed by atoms with Gasteiger partial charge in [0.15, 0.2) is 9.84 Å². The van der Waals surface area contributed by atoms with Crippen molar-refractivity contribution >= 4 is 21.7 Å². The van der Waals surface area contributed by atoms with Gasteiger partial charge in [0.25, 0.3) is 0 Å². The van der Waals surface area contributed by atoms with Gasteiger partial charge in [-0.15, -0.1) is 0 Å². The summed E-state index contributed by atoms with van der Waals surface area (Å²) in [6.07, 6.45) is 2.62. The lowest BCUT2D eigenvalue weighted by atomic mass is 10.1. The van der Waals surface area contributed by atoms with Crippen LogP contribution in [0.5, 0.6) is 0 Å². The van der Waals surface area contributed by atoms with Gasteiger partial charge in [0, 0.05) is 13.0 Å². The standard InChI is InChI=1S/C11H19NO5S/c13-10(14)4-2-1-3-6-12-11(15)9-5-7-18(16,17)8-9/h9H,1-8H2,(H,12,15)(H,13,14). The molecule has 0 radical (unpaired) electrons. The van der Waals surface area contributed by atoms with Gasteiger partial charge < -0.3 is 10.4 Å². The fraction of sp³-hybridized carbons (Fsp3) is 0.818. The summed E-state index contributed by atoms with van der Waals surface area (Å²) in [5, 5.41) is 11.1.